The molecule has 0 bridgehead atoms. The summed E-state index contributed by atoms with van der Waals surface area (Å²) in [6.07, 6.45) is -3.85. The van der Waals surface area contributed by atoms with E-state index in [1.54, 1.807) is 30.5 Å². The molecule has 0 fully saturated rings. The number of carbonyl (C=O) groups is 1. The van der Waals surface area contributed by atoms with Gasteiger partial charge in [-0.3, -0.25) is 5.32 Å². The topological polar surface area (TPSA) is 69.0 Å². The zero-order valence-electron chi connectivity index (χ0n) is 13.6. The molecule has 0 aliphatic heterocycles. The fraction of sp³-hybridized carbons (Fsp3) is 0.118. The summed E-state index contributed by atoms with van der Waals surface area (Å²) in [5.41, 5.74) is 0.182. The van der Waals surface area contributed by atoms with E-state index in [4.69, 9.17) is 16.3 Å². The Bertz CT molecular complexity index is 942. The number of hydrogen-bond donors (Lipinski definition) is 1. The first-order valence-electron chi connectivity index (χ1n) is 7.59. The predicted octanol–water partition coefficient (Wildman–Crippen LogP) is 4.69. The lowest BCUT2D eigenvalue weighted by atomic mass is 10.2. The average Bonchev–Trinajstić information content (AvgIpc) is 3.09. The second-order valence-electron chi connectivity index (χ2n) is 5.41. The smallest absolute Gasteiger partial charge is 0.416 e. The van der Waals surface area contributed by atoms with Crippen LogP contribution in [0.15, 0.2) is 54.7 Å². The fourth-order valence-electron chi connectivity index (χ4n) is 2.15. The Morgan fingerprint density at radius 1 is 1.19 bits per heavy atom. The molecule has 3 aromatic rings. The quantitative estimate of drug-likeness (QED) is 0.694. The van der Waals surface area contributed by atoms with Crippen LogP contribution in [-0.2, 0) is 17.5 Å². The maximum Gasteiger partial charge on any atom is 0.416 e. The van der Waals surface area contributed by atoms with Crippen molar-refractivity contribution in [3.63, 3.8) is 0 Å². The summed E-state index contributed by atoms with van der Waals surface area (Å²) in [7, 11) is 0. The summed E-state index contributed by atoms with van der Waals surface area (Å²) in [5, 5.41) is 10.6. The van der Waals surface area contributed by atoms with Gasteiger partial charge in [-0.15, -0.1) is 5.10 Å². The van der Waals surface area contributed by atoms with E-state index in [1.807, 2.05) is 0 Å². The SMILES string of the molecule is O=C(Nc1cccc(C(F)(F)F)c1)OCc1cn(-c2ccc(Cl)cc2)nn1. The van der Waals surface area contributed by atoms with Crippen molar-refractivity contribution in [1.29, 1.82) is 0 Å². The highest BCUT2D eigenvalue weighted by Gasteiger charge is 2.30. The van der Waals surface area contributed by atoms with Gasteiger partial charge in [0.25, 0.3) is 0 Å². The van der Waals surface area contributed by atoms with Crippen LogP contribution < -0.4 is 5.32 Å². The summed E-state index contributed by atoms with van der Waals surface area (Å²) >= 11 is 5.82. The molecular weight excluding hydrogens is 385 g/mol. The summed E-state index contributed by atoms with van der Waals surface area (Å²) in [4.78, 5) is 11.8. The molecule has 0 atom stereocenters. The molecule has 1 aromatic heterocycles. The number of ether oxygens (including phenoxy) is 1. The minimum atomic E-state index is -4.50. The van der Waals surface area contributed by atoms with Crippen molar-refractivity contribution in [2.75, 3.05) is 5.32 Å². The first-order valence-corrected chi connectivity index (χ1v) is 7.97. The Labute approximate surface area is 156 Å². The number of rotatable bonds is 4. The van der Waals surface area contributed by atoms with Crippen LogP contribution in [-0.4, -0.2) is 21.1 Å². The van der Waals surface area contributed by atoms with Crippen LogP contribution in [0.1, 0.15) is 11.3 Å². The van der Waals surface area contributed by atoms with E-state index in [9.17, 15) is 18.0 Å². The number of carbonyl (C=O) groups excluding carboxylic acids is 1. The molecule has 0 aliphatic rings. The number of benzene rings is 2. The van der Waals surface area contributed by atoms with Crippen molar-refractivity contribution in [3.8, 4) is 5.69 Å². The van der Waals surface area contributed by atoms with E-state index in [-0.39, 0.29) is 12.3 Å². The number of halogens is 4. The lowest BCUT2D eigenvalue weighted by Crippen LogP contribution is -2.14. The van der Waals surface area contributed by atoms with E-state index >= 15 is 0 Å². The van der Waals surface area contributed by atoms with Crippen molar-refractivity contribution in [3.05, 3.63) is 71.0 Å². The van der Waals surface area contributed by atoms with E-state index in [2.05, 4.69) is 15.6 Å². The van der Waals surface area contributed by atoms with Gasteiger partial charge in [0.1, 0.15) is 12.3 Å². The second kappa shape index (κ2) is 7.67. The molecule has 0 aliphatic carbocycles. The van der Waals surface area contributed by atoms with Gasteiger partial charge in [0.05, 0.1) is 17.4 Å². The molecule has 10 heteroatoms. The molecule has 6 nitrogen and oxygen atoms in total. The number of nitrogens with one attached hydrogen (secondary N) is 1. The highest BCUT2D eigenvalue weighted by Crippen LogP contribution is 2.30. The molecule has 0 spiro atoms. The number of alkyl halides is 3. The lowest BCUT2D eigenvalue weighted by Gasteiger charge is -2.09. The maximum atomic E-state index is 12.7. The molecule has 2 aromatic carbocycles. The van der Waals surface area contributed by atoms with Crippen molar-refractivity contribution < 1.29 is 22.7 Å². The van der Waals surface area contributed by atoms with Gasteiger partial charge in [-0.2, -0.15) is 13.2 Å². The average molecular weight is 397 g/mol. The largest absolute Gasteiger partial charge is 0.443 e. The molecule has 3 rings (SSSR count). The fourth-order valence-corrected chi connectivity index (χ4v) is 2.28. The summed E-state index contributed by atoms with van der Waals surface area (Å²) in [5.74, 6) is 0. The third-order valence-electron chi connectivity index (χ3n) is 3.42. The Kier molecular flexibility index (Phi) is 5.31. The van der Waals surface area contributed by atoms with E-state index < -0.39 is 17.8 Å². The van der Waals surface area contributed by atoms with Gasteiger partial charge in [0, 0.05) is 10.7 Å². The standard InChI is InChI=1S/C17H12ClF3N4O2/c18-12-4-6-15(7-5-12)25-9-14(23-24-25)10-27-16(26)22-13-3-1-2-11(8-13)17(19,20)21/h1-9H,10H2,(H,22,26). The van der Waals surface area contributed by atoms with Gasteiger partial charge in [0.2, 0.25) is 0 Å². The minimum Gasteiger partial charge on any atom is -0.443 e. The van der Waals surface area contributed by atoms with Crippen LogP contribution in [0.5, 0.6) is 0 Å². The first kappa shape index (κ1) is 18.7. The van der Waals surface area contributed by atoms with Crippen LogP contribution in [0.25, 0.3) is 5.69 Å². The number of amides is 1. The number of nitrogens with zero attached hydrogens (tertiary/aromatic N) is 3. The third-order valence-corrected chi connectivity index (χ3v) is 3.67. The van der Waals surface area contributed by atoms with Crippen LogP contribution in [0, 0.1) is 0 Å². The van der Waals surface area contributed by atoms with Gasteiger partial charge in [-0.1, -0.05) is 22.9 Å². The lowest BCUT2D eigenvalue weighted by molar-refractivity contribution is -0.137. The molecule has 0 unspecified atom stereocenters. The van der Waals surface area contributed by atoms with Gasteiger partial charge in [-0.05, 0) is 42.5 Å². The third kappa shape index (κ3) is 4.98. The zero-order chi connectivity index (χ0) is 19.4. The van der Waals surface area contributed by atoms with Crippen LogP contribution >= 0.6 is 11.6 Å². The number of aromatic nitrogens is 3. The minimum absolute atomic E-state index is 0.0281. The van der Waals surface area contributed by atoms with Gasteiger partial charge < -0.3 is 4.74 Å². The molecule has 0 saturated heterocycles. The Morgan fingerprint density at radius 2 is 1.93 bits per heavy atom. The van der Waals surface area contributed by atoms with Crippen LogP contribution in [0.4, 0.5) is 23.7 Å². The van der Waals surface area contributed by atoms with Crippen LogP contribution in [0.2, 0.25) is 5.02 Å². The second-order valence-corrected chi connectivity index (χ2v) is 5.85. The summed E-state index contributed by atoms with van der Waals surface area (Å²) in [6, 6.07) is 11.1. The molecular formula is C17H12ClF3N4O2. The molecule has 140 valence electrons. The van der Waals surface area contributed by atoms with E-state index in [0.29, 0.717) is 16.4 Å². The maximum absolute atomic E-state index is 12.7. The van der Waals surface area contributed by atoms with E-state index in [0.717, 1.165) is 12.1 Å². The Morgan fingerprint density at radius 3 is 2.63 bits per heavy atom. The normalized spacial score (nSPS) is 11.3. The Hall–Kier alpha value is -3.07. The molecule has 1 heterocycles. The summed E-state index contributed by atoms with van der Waals surface area (Å²) in [6.45, 7) is -0.196. The number of hydrogen-bond acceptors (Lipinski definition) is 4. The van der Waals surface area contributed by atoms with E-state index in [1.165, 1.54) is 16.8 Å². The van der Waals surface area contributed by atoms with Crippen molar-refractivity contribution in [1.82, 2.24) is 15.0 Å². The number of anilines is 1. The highest BCUT2D eigenvalue weighted by molar-refractivity contribution is 6.30. The molecule has 1 amide bonds. The van der Waals surface area contributed by atoms with Gasteiger partial charge in [0.15, 0.2) is 0 Å². The Balaban J connectivity index is 1.58. The van der Waals surface area contributed by atoms with Crippen molar-refractivity contribution in [2.24, 2.45) is 0 Å². The van der Waals surface area contributed by atoms with Crippen molar-refractivity contribution >= 4 is 23.4 Å². The molecule has 0 radical (unpaired) electrons. The highest BCUT2D eigenvalue weighted by atomic mass is 35.5. The predicted molar refractivity (Wildman–Crippen MR) is 91.6 cm³/mol. The zero-order valence-corrected chi connectivity index (χ0v) is 14.3. The molecule has 1 N–H and O–H groups in total. The monoisotopic (exact) mass is 396 g/mol. The van der Waals surface area contributed by atoms with Crippen molar-refractivity contribution in [2.45, 2.75) is 12.8 Å². The van der Waals surface area contributed by atoms with Gasteiger partial charge in [-0.25, -0.2) is 9.48 Å². The summed E-state index contributed by atoms with van der Waals surface area (Å²) < 4.78 is 44.4. The first-order chi connectivity index (χ1) is 12.8. The van der Waals surface area contributed by atoms with Gasteiger partial charge >= 0.3 is 12.3 Å². The van der Waals surface area contributed by atoms with Crippen LogP contribution in [0.3, 0.4) is 0 Å². The molecule has 0 saturated carbocycles. The molecule has 27 heavy (non-hydrogen) atoms.